The normalized spacial score (nSPS) is 19.2. The Labute approximate surface area is 143 Å². The maximum Gasteiger partial charge on any atom is 0.249 e. The number of carbonyl (C=O) groups excluding carboxylic acids is 1. The Kier molecular flexibility index (Phi) is 5.65. The van der Waals surface area contributed by atoms with Crippen LogP contribution in [-0.4, -0.2) is 12.0 Å². The lowest BCUT2D eigenvalue weighted by Crippen LogP contribution is -2.18. The molecular formula is C21H25NO2. The van der Waals surface area contributed by atoms with Crippen molar-refractivity contribution in [1.82, 2.24) is 0 Å². The Morgan fingerprint density at radius 1 is 0.875 bits per heavy atom. The van der Waals surface area contributed by atoms with Gasteiger partial charge in [0.15, 0.2) is 6.10 Å². The maximum atomic E-state index is 11.1. The fraction of sp³-hybridized carbons (Fsp3) is 0.381. The lowest BCUT2D eigenvalue weighted by Gasteiger charge is -2.05. The van der Waals surface area contributed by atoms with Gasteiger partial charge in [0.25, 0.3) is 0 Å². The van der Waals surface area contributed by atoms with Gasteiger partial charge < -0.3 is 10.5 Å². The molecule has 2 aromatic carbocycles. The van der Waals surface area contributed by atoms with E-state index >= 15 is 0 Å². The van der Waals surface area contributed by atoms with Crippen LogP contribution in [0, 0.1) is 0 Å². The highest BCUT2D eigenvalue weighted by atomic mass is 16.6. The fourth-order valence-electron chi connectivity index (χ4n) is 3.16. The molecule has 3 rings (SSSR count). The Morgan fingerprint density at radius 3 is 2.21 bits per heavy atom. The first-order chi connectivity index (χ1) is 11.7. The molecule has 2 atom stereocenters. The zero-order valence-corrected chi connectivity index (χ0v) is 14.0. The molecule has 2 N–H and O–H groups in total. The summed E-state index contributed by atoms with van der Waals surface area (Å²) in [5.41, 5.74) is 9.08. The van der Waals surface area contributed by atoms with Crippen molar-refractivity contribution in [3.05, 3.63) is 71.3 Å². The molecule has 1 amide bonds. The smallest absolute Gasteiger partial charge is 0.249 e. The molecule has 3 nitrogen and oxygen atoms in total. The van der Waals surface area contributed by atoms with Gasteiger partial charge >= 0.3 is 0 Å². The van der Waals surface area contributed by atoms with E-state index in [4.69, 9.17) is 10.5 Å². The highest BCUT2D eigenvalue weighted by Crippen LogP contribution is 2.38. The van der Waals surface area contributed by atoms with Gasteiger partial charge in [-0.05, 0) is 42.4 Å². The molecule has 3 heteroatoms. The molecule has 1 saturated heterocycles. The van der Waals surface area contributed by atoms with E-state index in [2.05, 4.69) is 42.5 Å². The van der Waals surface area contributed by atoms with Gasteiger partial charge in [0.1, 0.15) is 6.10 Å². The summed E-state index contributed by atoms with van der Waals surface area (Å²) in [6.07, 6.45) is 6.65. The van der Waals surface area contributed by atoms with Crippen LogP contribution in [0.3, 0.4) is 0 Å². The van der Waals surface area contributed by atoms with Crippen molar-refractivity contribution in [3.63, 3.8) is 0 Å². The molecule has 1 aliphatic rings. The summed E-state index contributed by atoms with van der Waals surface area (Å²) in [6, 6.07) is 19.0. The number of rotatable bonds is 9. The van der Waals surface area contributed by atoms with Crippen molar-refractivity contribution in [2.24, 2.45) is 5.73 Å². The first-order valence-electron chi connectivity index (χ1n) is 8.81. The molecule has 0 aliphatic carbocycles. The number of carbonyl (C=O) groups is 1. The zero-order chi connectivity index (χ0) is 16.8. The van der Waals surface area contributed by atoms with Gasteiger partial charge in [0, 0.05) is 0 Å². The van der Waals surface area contributed by atoms with E-state index < -0.39 is 6.10 Å². The van der Waals surface area contributed by atoms with Crippen molar-refractivity contribution in [3.8, 4) is 0 Å². The van der Waals surface area contributed by atoms with Gasteiger partial charge in [0.2, 0.25) is 5.91 Å². The van der Waals surface area contributed by atoms with Crippen LogP contribution in [-0.2, 0) is 22.4 Å². The van der Waals surface area contributed by atoms with Crippen molar-refractivity contribution in [1.29, 1.82) is 0 Å². The van der Waals surface area contributed by atoms with Crippen molar-refractivity contribution >= 4 is 5.91 Å². The maximum absolute atomic E-state index is 11.1. The molecule has 24 heavy (non-hydrogen) atoms. The summed E-state index contributed by atoms with van der Waals surface area (Å²) >= 11 is 0. The average molecular weight is 323 g/mol. The van der Waals surface area contributed by atoms with Crippen molar-refractivity contribution in [2.45, 2.75) is 50.7 Å². The largest absolute Gasteiger partial charge is 0.367 e. The molecule has 0 aromatic heterocycles. The van der Waals surface area contributed by atoms with E-state index in [-0.39, 0.29) is 12.0 Å². The van der Waals surface area contributed by atoms with Crippen LogP contribution in [0.2, 0.25) is 0 Å². The zero-order valence-electron chi connectivity index (χ0n) is 14.0. The molecule has 1 fully saturated rings. The Hall–Kier alpha value is -2.13. The Balaban J connectivity index is 1.36. The number of ether oxygens (including phenoxy) is 1. The number of unbranched alkanes of at least 4 members (excludes halogenated alkanes) is 3. The molecule has 0 spiro atoms. The number of aryl methyl sites for hydroxylation is 2. The number of amides is 1. The fourth-order valence-corrected chi connectivity index (χ4v) is 3.16. The van der Waals surface area contributed by atoms with Gasteiger partial charge in [-0.3, -0.25) is 4.79 Å². The van der Waals surface area contributed by atoms with Crippen LogP contribution >= 0.6 is 0 Å². The van der Waals surface area contributed by atoms with Gasteiger partial charge in [-0.1, -0.05) is 67.4 Å². The number of hydrogen-bond donors (Lipinski definition) is 1. The molecule has 0 saturated carbocycles. The predicted molar refractivity (Wildman–Crippen MR) is 95.6 cm³/mol. The van der Waals surface area contributed by atoms with Crippen molar-refractivity contribution < 1.29 is 9.53 Å². The molecule has 1 heterocycles. The number of hydrogen-bond acceptors (Lipinski definition) is 2. The topological polar surface area (TPSA) is 55.6 Å². The van der Waals surface area contributed by atoms with E-state index in [9.17, 15) is 4.79 Å². The van der Waals surface area contributed by atoms with E-state index in [1.807, 2.05) is 12.1 Å². The predicted octanol–water partition coefficient (Wildman–Crippen LogP) is 3.96. The van der Waals surface area contributed by atoms with Gasteiger partial charge in [-0.25, -0.2) is 0 Å². The van der Waals surface area contributed by atoms with Crippen LogP contribution in [0.15, 0.2) is 54.6 Å². The number of primary amides is 1. The van der Waals surface area contributed by atoms with Gasteiger partial charge in [-0.15, -0.1) is 0 Å². The van der Waals surface area contributed by atoms with E-state index in [1.165, 1.54) is 43.2 Å². The van der Waals surface area contributed by atoms with Gasteiger partial charge in [0.05, 0.1) is 0 Å². The summed E-state index contributed by atoms with van der Waals surface area (Å²) < 4.78 is 5.34. The molecule has 0 unspecified atom stereocenters. The monoisotopic (exact) mass is 323 g/mol. The second-order valence-electron chi connectivity index (χ2n) is 6.52. The lowest BCUT2D eigenvalue weighted by molar-refractivity contribution is -0.119. The summed E-state index contributed by atoms with van der Waals surface area (Å²) in [6.45, 7) is 0. The molecule has 2 aromatic rings. The SMILES string of the molecule is NC(=O)[C@@H]1O[C@H]1c1cccc(CCCCCCc2ccccc2)c1. The molecule has 1 aliphatic heterocycles. The minimum atomic E-state index is -0.432. The number of nitrogens with two attached hydrogens (primary N) is 1. The van der Waals surface area contributed by atoms with Crippen molar-refractivity contribution in [2.75, 3.05) is 0 Å². The van der Waals surface area contributed by atoms with E-state index in [0.717, 1.165) is 12.0 Å². The highest BCUT2D eigenvalue weighted by Gasteiger charge is 2.44. The van der Waals surface area contributed by atoms with Crippen LogP contribution in [0.5, 0.6) is 0 Å². The van der Waals surface area contributed by atoms with E-state index in [0.29, 0.717) is 0 Å². The summed E-state index contributed by atoms with van der Waals surface area (Å²) in [4.78, 5) is 11.1. The summed E-state index contributed by atoms with van der Waals surface area (Å²) in [5.74, 6) is -0.371. The summed E-state index contributed by atoms with van der Waals surface area (Å²) in [7, 11) is 0. The number of epoxide rings is 1. The minimum absolute atomic E-state index is 0.131. The van der Waals surface area contributed by atoms with Crippen LogP contribution in [0.25, 0.3) is 0 Å². The quantitative estimate of drug-likeness (QED) is 0.561. The van der Waals surface area contributed by atoms with Gasteiger partial charge in [-0.2, -0.15) is 0 Å². The third-order valence-electron chi connectivity index (χ3n) is 4.58. The second kappa shape index (κ2) is 8.11. The highest BCUT2D eigenvalue weighted by molar-refractivity contribution is 5.82. The molecular weight excluding hydrogens is 298 g/mol. The Bertz CT molecular complexity index is 669. The number of benzene rings is 2. The average Bonchev–Trinajstić information content (AvgIpc) is 3.40. The molecule has 0 radical (unpaired) electrons. The summed E-state index contributed by atoms with van der Waals surface area (Å²) in [5, 5.41) is 0. The standard InChI is InChI=1S/C21H25NO2/c22-21(23)20-19(24-20)18-14-8-13-17(15-18)12-5-2-1-4-9-16-10-6-3-7-11-16/h3,6-8,10-11,13-15,19-20H,1-2,4-5,9,12H2,(H2,22,23)/t19-,20+/m0/s1. The third-order valence-corrected chi connectivity index (χ3v) is 4.58. The van der Waals surface area contributed by atoms with Crippen LogP contribution in [0.1, 0.15) is 48.5 Å². The first kappa shape index (κ1) is 16.7. The third kappa shape index (κ3) is 4.68. The Morgan fingerprint density at radius 2 is 1.54 bits per heavy atom. The molecule has 126 valence electrons. The lowest BCUT2D eigenvalue weighted by atomic mass is 10.0. The molecule has 0 bridgehead atoms. The van der Waals surface area contributed by atoms with E-state index in [1.54, 1.807) is 0 Å². The second-order valence-corrected chi connectivity index (χ2v) is 6.52. The van der Waals surface area contributed by atoms with Crippen LogP contribution < -0.4 is 5.73 Å². The first-order valence-corrected chi connectivity index (χ1v) is 8.81. The minimum Gasteiger partial charge on any atom is -0.367 e. The van der Waals surface area contributed by atoms with Crippen LogP contribution in [0.4, 0.5) is 0 Å².